The third kappa shape index (κ3) is 11.8. The SMILES string of the molecule is C=C/C(C)=C(\C=C(\N)CC(C)CC(=C)NC(C)C)C/C=C(/C)CC(C)C. The van der Waals surface area contributed by atoms with Gasteiger partial charge in [0.25, 0.3) is 0 Å². The Hall–Kier alpha value is -1.70. The lowest BCUT2D eigenvalue weighted by molar-refractivity contribution is 0.528. The molecule has 0 aliphatic carbocycles. The summed E-state index contributed by atoms with van der Waals surface area (Å²) < 4.78 is 0. The molecule has 0 radical (unpaired) electrons. The first-order valence-electron chi connectivity index (χ1n) is 9.93. The molecule has 148 valence electrons. The van der Waals surface area contributed by atoms with Crippen LogP contribution in [0.25, 0.3) is 0 Å². The summed E-state index contributed by atoms with van der Waals surface area (Å²) in [7, 11) is 0. The lowest BCUT2D eigenvalue weighted by Gasteiger charge is -2.17. The van der Waals surface area contributed by atoms with E-state index in [-0.39, 0.29) is 0 Å². The molecule has 0 amide bonds. The summed E-state index contributed by atoms with van der Waals surface area (Å²) in [6.07, 6.45) is 10.3. The Balaban J connectivity index is 4.98. The minimum Gasteiger partial charge on any atom is -0.402 e. The van der Waals surface area contributed by atoms with Gasteiger partial charge in [-0.15, -0.1) is 0 Å². The van der Waals surface area contributed by atoms with Gasteiger partial charge in [-0.3, -0.25) is 0 Å². The third-order valence-corrected chi connectivity index (χ3v) is 4.24. The highest BCUT2D eigenvalue weighted by Gasteiger charge is 2.08. The number of rotatable bonds is 12. The third-order valence-electron chi connectivity index (χ3n) is 4.24. The van der Waals surface area contributed by atoms with Crippen LogP contribution in [0.4, 0.5) is 0 Å². The van der Waals surface area contributed by atoms with Gasteiger partial charge in [-0.05, 0) is 82.4 Å². The summed E-state index contributed by atoms with van der Waals surface area (Å²) in [6.45, 7) is 23.4. The van der Waals surface area contributed by atoms with Crippen molar-refractivity contribution in [2.45, 2.75) is 80.2 Å². The highest BCUT2D eigenvalue weighted by atomic mass is 14.9. The van der Waals surface area contributed by atoms with Gasteiger partial charge in [-0.1, -0.05) is 51.7 Å². The number of allylic oxidation sites excluding steroid dienone is 8. The zero-order valence-electron chi connectivity index (χ0n) is 18.3. The van der Waals surface area contributed by atoms with Gasteiger partial charge < -0.3 is 11.1 Å². The van der Waals surface area contributed by atoms with Crippen molar-refractivity contribution >= 4 is 0 Å². The van der Waals surface area contributed by atoms with Crippen molar-refractivity contribution in [2.75, 3.05) is 0 Å². The molecular weight excluding hydrogens is 316 g/mol. The second-order valence-electron chi connectivity index (χ2n) is 8.40. The first-order chi connectivity index (χ1) is 12.0. The van der Waals surface area contributed by atoms with Crippen LogP contribution >= 0.6 is 0 Å². The summed E-state index contributed by atoms with van der Waals surface area (Å²) in [6, 6.07) is 0.424. The Morgan fingerprint density at radius 2 is 1.65 bits per heavy atom. The van der Waals surface area contributed by atoms with Crippen LogP contribution in [0.5, 0.6) is 0 Å². The molecule has 2 heteroatoms. The molecule has 0 bridgehead atoms. The summed E-state index contributed by atoms with van der Waals surface area (Å²) >= 11 is 0. The van der Waals surface area contributed by atoms with Crippen molar-refractivity contribution in [3.8, 4) is 0 Å². The highest BCUT2D eigenvalue weighted by molar-refractivity contribution is 5.34. The summed E-state index contributed by atoms with van der Waals surface area (Å²) in [5, 5.41) is 3.38. The van der Waals surface area contributed by atoms with Crippen LogP contribution in [0, 0.1) is 11.8 Å². The minimum atomic E-state index is 0.424. The zero-order valence-corrected chi connectivity index (χ0v) is 18.3. The fourth-order valence-corrected chi connectivity index (χ4v) is 3.12. The van der Waals surface area contributed by atoms with E-state index in [0.717, 1.165) is 37.1 Å². The first kappa shape index (κ1) is 24.3. The molecule has 0 aromatic rings. The van der Waals surface area contributed by atoms with Crippen LogP contribution in [0.15, 0.2) is 59.5 Å². The largest absolute Gasteiger partial charge is 0.402 e. The molecule has 0 saturated carbocycles. The van der Waals surface area contributed by atoms with Gasteiger partial charge in [-0.2, -0.15) is 0 Å². The van der Waals surface area contributed by atoms with Crippen LogP contribution in [0.1, 0.15) is 74.1 Å². The molecule has 0 aromatic heterocycles. The molecule has 0 spiro atoms. The van der Waals surface area contributed by atoms with Gasteiger partial charge in [0.1, 0.15) is 0 Å². The average molecular weight is 359 g/mol. The molecule has 0 aliphatic heterocycles. The maximum atomic E-state index is 6.35. The molecule has 2 nitrogen and oxygen atoms in total. The maximum absolute atomic E-state index is 6.35. The van der Waals surface area contributed by atoms with Crippen molar-refractivity contribution in [2.24, 2.45) is 17.6 Å². The normalized spacial score (nSPS) is 15.1. The second-order valence-corrected chi connectivity index (χ2v) is 8.40. The van der Waals surface area contributed by atoms with E-state index in [0.29, 0.717) is 17.9 Å². The van der Waals surface area contributed by atoms with E-state index in [1.54, 1.807) is 0 Å². The number of hydrogen-bond acceptors (Lipinski definition) is 2. The lowest BCUT2D eigenvalue weighted by atomic mass is 9.96. The zero-order chi connectivity index (χ0) is 20.3. The number of hydrogen-bond donors (Lipinski definition) is 2. The Kier molecular flexibility index (Phi) is 11.8. The van der Waals surface area contributed by atoms with Crippen LogP contribution in [-0.4, -0.2) is 6.04 Å². The van der Waals surface area contributed by atoms with Crippen molar-refractivity contribution < 1.29 is 0 Å². The predicted octanol–water partition coefficient (Wildman–Crippen LogP) is 6.64. The Morgan fingerprint density at radius 1 is 1.04 bits per heavy atom. The topological polar surface area (TPSA) is 38.0 Å². The summed E-state index contributed by atoms with van der Waals surface area (Å²) in [4.78, 5) is 0. The van der Waals surface area contributed by atoms with Gasteiger partial charge in [0, 0.05) is 17.4 Å². The van der Waals surface area contributed by atoms with Crippen molar-refractivity contribution in [1.82, 2.24) is 5.32 Å². The lowest BCUT2D eigenvalue weighted by Crippen LogP contribution is -2.22. The standard InChI is InChI=1S/C24H42N2/c1-10-21(8)23(12-11-19(6)13-17(2)3)16-24(25)15-20(7)14-22(9)26-18(4)5/h10-11,16-18,20,26H,1,9,12-15,25H2,2-8H3/b19-11-,23-21-,24-16+. The Labute approximate surface area is 163 Å². The van der Waals surface area contributed by atoms with E-state index in [9.17, 15) is 0 Å². The van der Waals surface area contributed by atoms with Gasteiger partial charge >= 0.3 is 0 Å². The predicted molar refractivity (Wildman–Crippen MR) is 119 cm³/mol. The van der Waals surface area contributed by atoms with Gasteiger partial charge in [0.2, 0.25) is 0 Å². The Bertz CT molecular complexity index is 545. The van der Waals surface area contributed by atoms with Crippen LogP contribution in [-0.2, 0) is 0 Å². The highest BCUT2D eigenvalue weighted by Crippen LogP contribution is 2.21. The van der Waals surface area contributed by atoms with Crippen molar-refractivity contribution in [3.05, 3.63) is 59.5 Å². The molecule has 26 heavy (non-hydrogen) atoms. The molecule has 0 heterocycles. The number of nitrogens with two attached hydrogens (primary N) is 1. The quantitative estimate of drug-likeness (QED) is 0.303. The molecule has 0 rings (SSSR count). The fraction of sp³-hybridized carbons (Fsp3) is 0.583. The van der Waals surface area contributed by atoms with E-state index in [2.05, 4.69) is 79.1 Å². The van der Waals surface area contributed by atoms with Gasteiger partial charge in [-0.25, -0.2) is 0 Å². The molecule has 1 atom stereocenters. The molecule has 1 unspecified atom stereocenters. The molecule has 0 aliphatic rings. The average Bonchev–Trinajstić information content (AvgIpc) is 2.48. The van der Waals surface area contributed by atoms with E-state index < -0.39 is 0 Å². The van der Waals surface area contributed by atoms with Crippen LogP contribution in [0.2, 0.25) is 0 Å². The van der Waals surface area contributed by atoms with Gasteiger partial charge in [0.05, 0.1) is 0 Å². The van der Waals surface area contributed by atoms with E-state index in [4.69, 9.17) is 5.73 Å². The van der Waals surface area contributed by atoms with Crippen LogP contribution < -0.4 is 11.1 Å². The second kappa shape index (κ2) is 12.6. The molecule has 0 fully saturated rings. The van der Waals surface area contributed by atoms with Gasteiger partial charge in [0.15, 0.2) is 0 Å². The fourth-order valence-electron chi connectivity index (χ4n) is 3.12. The first-order valence-corrected chi connectivity index (χ1v) is 9.93. The smallest absolute Gasteiger partial charge is 0.0201 e. The van der Waals surface area contributed by atoms with Crippen LogP contribution in [0.3, 0.4) is 0 Å². The van der Waals surface area contributed by atoms with E-state index >= 15 is 0 Å². The molecule has 0 saturated heterocycles. The molecule has 3 N–H and O–H groups in total. The monoisotopic (exact) mass is 358 g/mol. The minimum absolute atomic E-state index is 0.424. The summed E-state index contributed by atoms with van der Waals surface area (Å²) in [5.74, 6) is 1.15. The van der Waals surface area contributed by atoms with Crippen molar-refractivity contribution in [1.29, 1.82) is 0 Å². The number of nitrogens with one attached hydrogen (secondary N) is 1. The maximum Gasteiger partial charge on any atom is 0.0201 e. The van der Waals surface area contributed by atoms with E-state index in [1.807, 2.05) is 6.08 Å². The Morgan fingerprint density at radius 3 is 2.15 bits per heavy atom. The van der Waals surface area contributed by atoms with E-state index in [1.165, 1.54) is 16.7 Å². The molecule has 0 aromatic carbocycles. The summed E-state index contributed by atoms with van der Waals surface area (Å²) in [5.41, 5.74) is 12.3. The van der Waals surface area contributed by atoms with Crippen molar-refractivity contribution in [3.63, 3.8) is 0 Å². The molecular formula is C24H42N2.